The normalized spacial score (nSPS) is 13.0. The Labute approximate surface area is 103 Å². The highest BCUT2D eigenvalue weighted by Crippen LogP contribution is 2.20. The maximum absolute atomic E-state index is 3.52. The molecule has 1 aromatic heterocycles. The van der Waals surface area contributed by atoms with E-state index in [4.69, 9.17) is 0 Å². The molecule has 0 radical (unpaired) electrons. The van der Waals surface area contributed by atoms with Gasteiger partial charge in [0.05, 0.1) is 0 Å². The minimum absolute atomic E-state index is 0.696. The van der Waals surface area contributed by atoms with Gasteiger partial charge in [-0.15, -0.1) is 11.3 Å². The monoisotopic (exact) mass is 240 g/mol. The highest BCUT2D eigenvalue weighted by molar-refractivity contribution is 7.12. The molecular formula is C13H24N2S. The van der Waals surface area contributed by atoms with E-state index < -0.39 is 0 Å². The van der Waals surface area contributed by atoms with Crippen LogP contribution in [-0.2, 0) is 6.54 Å². The third kappa shape index (κ3) is 4.64. The first-order chi connectivity index (χ1) is 7.63. The summed E-state index contributed by atoms with van der Waals surface area (Å²) < 4.78 is 0. The summed E-state index contributed by atoms with van der Waals surface area (Å²) in [5, 5.41) is 6.89. The van der Waals surface area contributed by atoms with Crippen LogP contribution >= 0.6 is 11.3 Å². The molecule has 2 nitrogen and oxygen atoms in total. The summed E-state index contributed by atoms with van der Waals surface area (Å²) in [6.07, 6.45) is 0. The number of aryl methyl sites for hydroxylation is 2. The second-order valence-corrected chi connectivity index (χ2v) is 5.84. The van der Waals surface area contributed by atoms with Gasteiger partial charge in [-0.25, -0.2) is 0 Å². The zero-order valence-electron chi connectivity index (χ0n) is 10.9. The number of hydrogen-bond donors (Lipinski definition) is 2. The van der Waals surface area contributed by atoms with Gasteiger partial charge in [0.25, 0.3) is 0 Å². The van der Waals surface area contributed by atoms with Crippen LogP contribution in [0.3, 0.4) is 0 Å². The van der Waals surface area contributed by atoms with E-state index in [0.717, 1.165) is 26.2 Å². The zero-order valence-corrected chi connectivity index (χ0v) is 11.7. The highest BCUT2D eigenvalue weighted by Gasteiger charge is 2.03. The molecule has 0 aliphatic heterocycles. The van der Waals surface area contributed by atoms with Crippen molar-refractivity contribution in [2.45, 2.75) is 34.2 Å². The predicted molar refractivity (Wildman–Crippen MR) is 73.2 cm³/mol. The number of hydrogen-bond acceptors (Lipinski definition) is 3. The minimum Gasteiger partial charge on any atom is -0.317 e. The van der Waals surface area contributed by atoms with Crippen molar-refractivity contribution in [2.75, 3.05) is 19.6 Å². The number of rotatable bonds is 7. The molecule has 0 bridgehead atoms. The van der Waals surface area contributed by atoms with Gasteiger partial charge in [0, 0.05) is 16.3 Å². The van der Waals surface area contributed by atoms with Gasteiger partial charge in [-0.3, -0.25) is 0 Å². The summed E-state index contributed by atoms with van der Waals surface area (Å²) in [4.78, 5) is 2.89. The topological polar surface area (TPSA) is 24.1 Å². The van der Waals surface area contributed by atoms with Crippen LogP contribution in [0, 0.1) is 19.8 Å². The SMILES string of the molecule is CCNCC(C)CNCc1cc(C)c(C)s1. The molecule has 0 amide bonds. The lowest BCUT2D eigenvalue weighted by molar-refractivity contribution is 0.480. The second kappa shape index (κ2) is 7.05. The molecule has 3 heteroatoms. The molecule has 1 heterocycles. The van der Waals surface area contributed by atoms with Crippen molar-refractivity contribution in [3.05, 3.63) is 21.4 Å². The Balaban J connectivity index is 2.20. The van der Waals surface area contributed by atoms with Gasteiger partial charge in [-0.1, -0.05) is 13.8 Å². The summed E-state index contributed by atoms with van der Waals surface area (Å²) in [5.74, 6) is 0.696. The van der Waals surface area contributed by atoms with Gasteiger partial charge in [-0.2, -0.15) is 0 Å². The van der Waals surface area contributed by atoms with E-state index in [1.165, 1.54) is 15.3 Å². The largest absolute Gasteiger partial charge is 0.317 e. The third-order valence-corrected chi connectivity index (χ3v) is 3.90. The van der Waals surface area contributed by atoms with Crippen molar-refractivity contribution in [3.63, 3.8) is 0 Å². The summed E-state index contributed by atoms with van der Waals surface area (Å²) >= 11 is 1.91. The van der Waals surface area contributed by atoms with Crippen LogP contribution in [0.15, 0.2) is 6.07 Å². The number of thiophene rings is 1. The van der Waals surface area contributed by atoms with E-state index >= 15 is 0 Å². The predicted octanol–water partition coefficient (Wildman–Crippen LogP) is 2.70. The van der Waals surface area contributed by atoms with Crippen molar-refractivity contribution in [1.29, 1.82) is 0 Å². The first-order valence-electron chi connectivity index (χ1n) is 6.10. The van der Waals surface area contributed by atoms with Crippen molar-refractivity contribution in [2.24, 2.45) is 5.92 Å². The molecule has 0 aromatic carbocycles. The molecule has 1 unspecified atom stereocenters. The smallest absolute Gasteiger partial charge is 0.0300 e. The summed E-state index contributed by atoms with van der Waals surface area (Å²) in [6, 6.07) is 2.29. The van der Waals surface area contributed by atoms with Gasteiger partial charge in [0.1, 0.15) is 0 Å². The Morgan fingerprint density at radius 2 is 1.94 bits per heavy atom. The molecule has 0 aliphatic carbocycles. The van der Waals surface area contributed by atoms with E-state index in [1.807, 2.05) is 11.3 Å². The molecule has 0 fully saturated rings. The van der Waals surface area contributed by atoms with Crippen molar-refractivity contribution in [1.82, 2.24) is 10.6 Å². The zero-order chi connectivity index (χ0) is 12.0. The second-order valence-electron chi connectivity index (χ2n) is 4.50. The molecule has 1 rings (SSSR count). The van der Waals surface area contributed by atoms with Crippen LogP contribution in [0.1, 0.15) is 29.2 Å². The van der Waals surface area contributed by atoms with Gasteiger partial charge < -0.3 is 10.6 Å². The average Bonchev–Trinajstić information content (AvgIpc) is 2.55. The molecule has 0 saturated heterocycles. The van der Waals surface area contributed by atoms with E-state index in [9.17, 15) is 0 Å². The first kappa shape index (κ1) is 13.7. The fourth-order valence-electron chi connectivity index (χ4n) is 1.64. The molecule has 1 atom stereocenters. The Morgan fingerprint density at radius 1 is 1.25 bits per heavy atom. The fraction of sp³-hybridized carbons (Fsp3) is 0.692. The molecule has 92 valence electrons. The quantitative estimate of drug-likeness (QED) is 0.766. The van der Waals surface area contributed by atoms with E-state index in [2.05, 4.69) is 44.4 Å². The maximum atomic E-state index is 3.52. The molecule has 16 heavy (non-hydrogen) atoms. The van der Waals surface area contributed by atoms with Crippen LogP contribution in [-0.4, -0.2) is 19.6 Å². The lowest BCUT2D eigenvalue weighted by Gasteiger charge is -2.12. The van der Waals surface area contributed by atoms with Crippen LogP contribution in [0.5, 0.6) is 0 Å². The van der Waals surface area contributed by atoms with Crippen molar-refractivity contribution in [3.8, 4) is 0 Å². The van der Waals surface area contributed by atoms with E-state index in [0.29, 0.717) is 5.92 Å². The molecule has 1 aromatic rings. The first-order valence-corrected chi connectivity index (χ1v) is 6.92. The van der Waals surface area contributed by atoms with Crippen LogP contribution in [0.25, 0.3) is 0 Å². The van der Waals surface area contributed by atoms with Gasteiger partial charge in [-0.05, 0) is 51.0 Å². The van der Waals surface area contributed by atoms with Crippen LogP contribution < -0.4 is 10.6 Å². The number of nitrogens with one attached hydrogen (secondary N) is 2. The molecular weight excluding hydrogens is 216 g/mol. The Kier molecular flexibility index (Phi) is 6.03. The Morgan fingerprint density at radius 3 is 2.50 bits per heavy atom. The lowest BCUT2D eigenvalue weighted by atomic mass is 10.2. The molecule has 2 N–H and O–H groups in total. The van der Waals surface area contributed by atoms with Gasteiger partial charge >= 0.3 is 0 Å². The fourth-order valence-corrected chi connectivity index (χ4v) is 2.66. The summed E-state index contributed by atoms with van der Waals surface area (Å²) in [7, 11) is 0. The Hall–Kier alpha value is -0.380. The van der Waals surface area contributed by atoms with E-state index in [-0.39, 0.29) is 0 Å². The van der Waals surface area contributed by atoms with Crippen LogP contribution in [0.4, 0.5) is 0 Å². The highest BCUT2D eigenvalue weighted by atomic mass is 32.1. The lowest BCUT2D eigenvalue weighted by Crippen LogP contribution is -2.29. The molecule has 0 saturated carbocycles. The summed E-state index contributed by atoms with van der Waals surface area (Å²) in [5.41, 5.74) is 1.42. The van der Waals surface area contributed by atoms with Gasteiger partial charge in [0.2, 0.25) is 0 Å². The average molecular weight is 240 g/mol. The maximum Gasteiger partial charge on any atom is 0.0300 e. The van der Waals surface area contributed by atoms with Crippen LogP contribution in [0.2, 0.25) is 0 Å². The Bertz CT molecular complexity index is 287. The minimum atomic E-state index is 0.696. The van der Waals surface area contributed by atoms with E-state index in [1.54, 1.807) is 0 Å². The van der Waals surface area contributed by atoms with Crippen molar-refractivity contribution >= 4 is 11.3 Å². The molecule has 0 aliphatic rings. The third-order valence-electron chi connectivity index (χ3n) is 2.75. The standard InChI is InChI=1S/C13H24N2S/c1-5-14-7-10(2)8-15-9-13-6-11(3)12(4)16-13/h6,10,14-15H,5,7-9H2,1-4H3. The molecule has 0 spiro atoms. The van der Waals surface area contributed by atoms with Gasteiger partial charge in [0.15, 0.2) is 0 Å². The van der Waals surface area contributed by atoms with Crippen molar-refractivity contribution < 1.29 is 0 Å². The summed E-state index contributed by atoms with van der Waals surface area (Å²) in [6.45, 7) is 13.1.